The molecule has 0 aliphatic heterocycles. The minimum absolute atomic E-state index is 0.000000000000000222. The molecule has 0 aliphatic carbocycles. The van der Waals surface area contributed by atoms with E-state index in [9.17, 15) is 10.1 Å². The van der Waals surface area contributed by atoms with Gasteiger partial charge in [0.1, 0.15) is 5.76 Å². The van der Waals surface area contributed by atoms with Gasteiger partial charge in [-0.1, -0.05) is 6.58 Å². The van der Waals surface area contributed by atoms with Crippen LogP contribution < -0.4 is 0 Å². The standard InChI is InChI=1S/C8H7NO3/c1-6(10)7-2-4-8(5-3-7)9(11)12/h2-5,10H,1H2. The number of benzene rings is 1. The Bertz CT molecular complexity index is 283. The summed E-state index contributed by atoms with van der Waals surface area (Å²) in [5.74, 6) is -0.0927. The van der Waals surface area contributed by atoms with Crippen LogP contribution in [0.4, 0.5) is 5.69 Å². The van der Waals surface area contributed by atoms with Crippen molar-refractivity contribution in [3.05, 3.63) is 46.5 Å². The molecule has 1 rings (SSSR count). The van der Waals surface area contributed by atoms with Gasteiger partial charge < -0.3 is 5.11 Å². The van der Waals surface area contributed by atoms with Gasteiger partial charge in [-0.05, 0) is 12.1 Å². The molecular weight excluding hydrogens is 158 g/mol. The number of hydrogen-bond acceptors (Lipinski definition) is 3. The van der Waals surface area contributed by atoms with E-state index < -0.39 is 4.92 Å². The van der Waals surface area contributed by atoms with Crippen LogP contribution >= 0.6 is 0 Å². The van der Waals surface area contributed by atoms with E-state index >= 15 is 0 Å². The van der Waals surface area contributed by atoms with Crippen LogP contribution in [0.25, 0.3) is 5.76 Å². The van der Waals surface area contributed by atoms with Crippen molar-refractivity contribution in [2.24, 2.45) is 0 Å². The fraction of sp³-hybridized carbons (Fsp3) is 0. The summed E-state index contributed by atoms with van der Waals surface area (Å²) in [6.07, 6.45) is 0. The predicted octanol–water partition coefficient (Wildman–Crippen LogP) is 2.12. The van der Waals surface area contributed by atoms with Crippen molar-refractivity contribution in [2.45, 2.75) is 0 Å². The first-order chi connectivity index (χ1) is 5.61. The zero-order chi connectivity index (χ0) is 9.14. The second-order valence-corrected chi connectivity index (χ2v) is 2.25. The van der Waals surface area contributed by atoms with E-state index in [1.54, 1.807) is 0 Å². The molecule has 0 saturated carbocycles. The summed E-state index contributed by atoms with van der Waals surface area (Å²) < 4.78 is 0. The number of non-ortho nitro benzene ring substituents is 1. The van der Waals surface area contributed by atoms with Crippen molar-refractivity contribution in [1.29, 1.82) is 0 Å². The zero-order valence-corrected chi connectivity index (χ0v) is 6.23. The molecule has 0 fully saturated rings. The molecule has 1 aromatic rings. The first-order valence-electron chi connectivity index (χ1n) is 3.24. The lowest BCUT2D eigenvalue weighted by molar-refractivity contribution is -0.384. The highest BCUT2D eigenvalue weighted by Crippen LogP contribution is 2.15. The SMILES string of the molecule is C=C(O)c1ccc([N+](=O)[O-])cc1. The quantitative estimate of drug-likeness (QED) is 0.414. The van der Waals surface area contributed by atoms with Crippen LogP contribution in [0.3, 0.4) is 0 Å². The minimum Gasteiger partial charge on any atom is -0.508 e. The minimum atomic E-state index is -0.496. The first kappa shape index (κ1) is 8.26. The van der Waals surface area contributed by atoms with Crippen LogP contribution in [0.15, 0.2) is 30.8 Å². The number of nitro benzene ring substituents is 1. The molecule has 0 heterocycles. The molecule has 0 aromatic heterocycles. The molecule has 62 valence electrons. The molecule has 0 radical (unpaired) electrons. The van der Waals surface area contributed by atoms with E-state index in [2.05, 4.69) is 6.58 Å². The third-order valence-corrected chi connectivity index (χ3v) is 1.41. The van der Waals surface area contributed by atoms with E-state index in [1.165, 1.54) is 24.3 Å². The Morgan fingerprint density at radius 2 is 1.92 bits per heavy atom. The number of nitro groups is 1. The predicted molar refractivity (Wildman–Crippen MR) is 44.8 cm³/mol. The van der Waals surface area contributed by atoms with Crippen molar-refractivity contribution >= 4 is 11.4 Å². The number of aliphatic hydroxyl groups is 1. The van der Waals surface area contributed by atoms with Gasteiger partial charge in [-0.3, -0.25) is 10.1 Å². The zero-order valence-electron chi connectivity index (χ0n) is 6.23. The van der Waals surface area contributed by atoms with Gasteiger partial charge >= 0.3 is 0 Å². The van der Waals surface area contributed by atoms with Gasteiger partial charge in [-0.2, -0.15) is 0 Å². The lowest BCUT2D eigenvalue weighted by Gasteiger charge is -1.96. The average molecular weight is 165 g/mol. The Hall–Kier alpha value is -1.84. The molecule has 1 N–H and O–H groups in total. The number of aliphatic hydroxyl groups excluding tert-OH is 1. The van der Waals surface area contributed by atoms with Crippen molar-refractivity contribution < 1.29 is 10.0 Å². The van der Waals surface area contributed by atoms with E-state index in [0.717, 1.165) is 0 Å². The van der Waals surface area contributed by atoms with E-state index in [1.807, 2.05) is 0 Å². The smallest absolute Gasteiger partial charge is 0.269 e. The highest BCUT2D eigenvalue weighted by atomic mass is 16.6. The van der Waals surface area contributed by atoms with Crippen LogP contribution in [0.2, 0.25) is 0 Å². The maximum atomic E-state index is 10.2. The summed E-state index contributed by atoms with van der Waals surface area (Å²) in [5, 5.41) is 19.1. The first-order valence-corrected chi connectivity index (χ1v) is 3.24. The normalized spacial score (nSPS) is 9.33. The number of rotatable bonds is 2. The molecule has 0 atom stereocenters. The lowest BCUT2D eigenvalue weighted by Crippen LogP contribution is -1.87. The fourth-order valence-corrected chi connectivity index (χ4v) is 0.776. The summed E-state index contributed by atoms with van der Waals surface area (Å²) in [6, 6.07) is 5.52. The molecule has 0 aliphatic rings. The maximum Gasteiger partial charge on any atom is 0.269 e. The Balaban J connectivity index is 3.01. The molecule has 0 bridgehead atoms. The largest absolute Gasteiger partial charge is 0.508 e. The van der Waals surface area contributed by atoms with Gasteiger partial charge in [0.2, 0.25) is 0 Å². The van der Waals surface area contributed by atoms with Gasteiger partial charge in [0, 0.05) is 17.7 Å². The molecule has 4 nitrogen and oxygen atoms in total. The van der Waals surface area contributed by atoms with Crippen LogP contribution in [0.1, 0.15) is 5.56 Å². The molecule has 0 unspecified atom stereocenters. The molecule has 0 amide bonds. The molecule has 0 saturated heterocycles. The molecule has 4 heteroatoms. The van der Waals surface area contributed by atoms with E-state index in [4.69, 9.17) is 5.11 Å². The summed E-state index contributed by atoms with van der Waals surface area (Å²) in [7, 11) is 0. The van der Waals surface area contributed by atoms with Crippen molar-refractivity contribution in [1.82, 2.24) is 0 Å². The third-order valence-electron chi connectivity index (χ3n) is 1.41. The van der Waals surface area contributed by atoms with E-state index in [0.29, 0.717) is 5.56 Å². The second-order valence-electron chi connectivity index (χ2n) is 2.25. The van der Waals surface area contributed by atoms with Gasteiger partial charge in [0.25, 0.3) is 5.69 Å². The highest BCUT2D eigenvalue weighted by molar-refractivity contribution is 5.57. The Labute approximate surface area is 68.9 Å². The Kier molecular flexibility index (Phi) is 2.09. The molecule has 12 heavy (non-hydrogen) atoms. The monoisotopic (exact) mass is 165 g/mol. The van der Waals surface area contributed by atoms with Crippen LogP contribution in [0.5, 0.6) is 0 Å². The van der Waals surface area contributed by atoms with Crippen molar-refractivity contribution in [2.75, 3.05) is 0 Å². The summed E-state index contributed by atoms with van der Waals surface area (Å²) in [4.78, 5) is 9.71. The van der Waals surface area contributed by atoms with Crippen LogP contribution in [0, 0.1) is 10.1 Å². The van der Waals surface area contributed by atoms with Gasteiger partial charge in [0.05, 0.1) is 4.92 Å². The average Bonchev–Trinajstić information content (AvgIpc) is 2.04. The summed E-state index contributed by atoms with van der Waals surface area (Å²) in [5.41, 5.74) is 0.487. The van der Waals surface area contributed by atoms with Gasteiger partial charge in [-0.15, -0.1) is 0 Å². The van der Waals surface area contributed by atoms with Gasteiger partial charge in [0.15, 0.2) is 0 Å². The molecule has 1 aromatic carbocycles. The highest BCUT2D eigenvalue weighted by Gasteiger charge is 2.04. The number of hydrogen-bond donors (Lipinski definition) is 1. The maximum absolute atomic E-state index is 10.2. The topological polar surface area (TPSA) is 63.4 Å². The second kappa shape index (κ2) is 3.04. The lowest BCUT2D eigenvalue weighted by atomic mass is 10.2. The third kappa shape index (κ3) is 1.60. The summed E-state index contributed by atoms with van der Waals surface area (Å²) in [6.45, 7) is 3.29. The Morgan fingerprint density at radius 3 is 2.25 bits per heavy atom. The molecule has 0 spiro atoms. The van der Waals surface area contributed by atoms with Crippen molar-refractivity contribution in [3.8, 4) is 0 Å². The van der Waals surface area contributed by atoms with E-state index in [-0.39, 0.29) is 11.4 Å². The summed E-state index contributed by atoms with van der Waals surface area (Å²) >= 11 is 0. The van der Waals surface area contributed by atoms with Crippen LogP contribution in [-0.4, -0.2) is 10.0 Å². The van der Waals surface area contributed by atoms with Crippen molar-refractivity contribution in [3.63, 3.8) is 0 Å². The molecular formula is C8H7NO3. The Morgan fingerprint density at radius 1 is 1.42 bits per heavy atom. The van der Waals surface area contributed by atoms with Gasteiger partial charge in [-0.25, -0.2) is 0 Å². The van der Waals surface area contributed by atoms with Crippen LogP contribution in [-0.2, 0) is 0 Å². The fourth-order valence-electron chi connectivity index (χ4n) is 0.776. The number of nitrogens with zero attached hydrogens (tertiary/aromatic N) is 1.